The van der Waals surface area contributed by atoms with Gasteiger partial charge in [0.05, 0.1) is 17.6 Å². The Balaban J connectivity index is 2.03. The van der Waals surface area contributed by atoms with E-state index in [1.807, 2.05) is 0 Å². The Bertz CT molecular complexity index is 901. The Morgan fingerprint density at radius 3 is 2.88 bits per heavy atom. The number of hydrogen-bond donors (Lipinski definition) is 1. The predicted molar refractivity (Wildman–Crippen MR) is 88.5 cm³/mol. The molecule has 1 saturated heterocycles. The van der Waals surface area contributed by atoms with E-state index in [2.05, 4.69) is 0 Å². The van der Waals surface area contributed by atoms with Crippen LogP contribution in [-0.2, 0) is 9.59 Å². The first-order chi connectivity index (χ1) is 12.0. The number of piperidine rings is 1. The fourth-order valence-corrected chi connectivity index (χ4v) is 3.70. The Labute approximate surface area is 147 Å². The molecule has 2 aromatic carbocycles. The van der Waals surface area contributed by atoms with Gasteiger partial charge in [0, 0.05) is 17.0 Å². The molecule has 1 fully saturated rings. The van der Waals surface area contributed by atoms with Gasteiger partial charge in [-0.3, -0.25) is 9.59 Å². The van der Waals surface area contributed by atoms with Crippen molar-refractivity contribution in [1.29, 1.82) is 0 Å². The number of carbonyl (C=O) groups excluding carboxylic acids is 1. The largest absolute Gasteiger partial charge is 0.481 e. The van der Waals surface area contributed by atoms with Gasteiger partial charge in [0.25, 0.3) is 0 Å². The van der Waals surface area contributed by atoms with Gasteiger partial charge in [0.1, 0.15) is 0 Å². The predicted octanol–water partition coefficient (Wildman–Crippen LogP) is 4.15. The lowest BCUT2D eigenvalue weighted by atomic mass is 9.83. The summed E-state index contributed by atoms with van der Waals surface area (Å²) in [5.74, 6) is -2.55. The van der Waals surface area contributed by atoms with E-state index in [-0.39, 0.29) is 30.2 Å². The highest BCUT2D eigenvalue weighted by atomic mass is 35.5. The van der Waals surface area contributed by atoms with Crippen molar-refractivity contribution in [1.82, 2.24) is 0 Å². The molecule has 2 atom stereocenters. The molecule has 2 aliphatic heterocycles. The first-order valence-electron chi connectivity index (χ1n) is 7.78. The van der Waals surface area contributed by atoms with Gasteiger partial charge in [0.15, 0.2) is 17.3 Å². The topological polar surface area (TPSA) is 66.8 Å². The SMILES string of the molecule is O=C(O)C1CCC(=O)N2c3cc(Cl)ccc3Oc3c(F)cccc3C12. The monoisotopic (exact) mass is 361 g/mol. The number of aliphatic carboxylic acids is 1. The van der Waals surface area contributed by atoms with E-state index in [9.17, 15) is 19.1 Å². The van der Waals surface area contributed by atoms with E-state index in [1.165, 1.54) is 23.1 Å². The van der Waals surface area contributed by atoms with Crippen LogP contribution in [-0.4, -0.2) is 17.0 Å². The molecule has 2 unspecified atom stereocenters. The minimum atomic E-state index is -1.04. The molecular formula is C18H13ClFNO4. The molecule has 0 bridgehead atoms. The molecule has 0 aliphatic carbocycles. The number of fused-ring (bicyclic) bond motifs is 5. The average molecular weight is 362 g/mol. The van der Waals surface area contributed by atoms with E-state index >= 15 is 0 Å². The smallest absolute Gasteiger partial charge is 0.308 e. The third-order valence-electron chi connectivity index (χ3n) is 4.62. The molecule has 1 amide bonds. The molecule has 2 aliphatic rings. The first kappa shape index (κ1) is 15.9. The lowest BCUT2D eigenvalue weighted by Gasteiger charge is -2.38. The second-order valence-corrected chi connectivity index (χ2v) is 6.50. The molecular weight excluding hydrogens is 349 g/mol. The number of carbonyl (C=O) groups is 2. The normalized spacial score (nSPS) is 21.5. The number of ether oxygens (including phenoxy) is 1. The second kappa shape index (κ2) is 5.74. The lowest BCUT2D eigenvalue weighted by Crippen LogP contribution is -2.45. The van der Waals surface area contributed by atoms with Crippen molar-refractivity contribution in [3.05, 3.63) is 52.8 Å². The summed E-state index contributed by atoms with van der Waals surface area (Å²) >= 11 is 6.07. The number of anilines is 1. The van der Waals surface area contributed by atoms with E-state index in [0.29, 0.717) is 16.3 Å². The quantitative estimate of drug-likeness (QED) is 0.828. The van der Waals surface area contributed by atoms with Crippen LogP contribution in [0.4, 0.5) is 10.1 Å². The van der Waals surface area contributed by atoms with Crippen LogP contribution in [0.1, 0.15) is 24.4 Å². The van der Waals surface area contributed by atoms with Crippen molar-refractivity contribution in [2.45, 2.75) is 18.9 Å². The number of nitrogens with zero attached hydrogens (tertiary/aromatic N) is 1. The van der Waals surface area contributed by atoms with Crippen molar-refractivity contribution in [2.24, 2.45) is 5.92 Å². The number of hydrogen-bond acceptors (Lipinski definition) is 3. The summed E-state index contributed by atoms with van der Waals surface area (Å²) in [7, 11) is 0. The summed E-state index contributed by atoms with van der Waals surface area (Å²) in [5.41, 5.74) is 0.692. The number of carboxylic acid groups (broad SMARTS) is 1. The van der Waals surface area contributed by atoms with Crippen LogP contribution in [0, 0.1) is 11.7 Å². The van der Waals surface area contributed by atoms with Gasteiger partial charge < -0.3 is 14.7 Å². The summed E-state index contributed by atoms with van der Waals surface area (Å²) in [6, 6.07) is 8.12. The molecule has 0 spiro atoms. The van der Waals surface area contributed by atoms with Gasteiger partial charge in [-0.05, 0) is 30.7 Å². The maximum Gasteiger partial charge on any atom is 0.308 e. The number of para-hydroxylation sites is 1. The molecule has 5 nitrogen and oxygen atoms in total. The van der Waals surface area contributed by atoms with Gasteiger partial charge in [-0.15, -0.1) is 0 Å². The lowest BCUT2D eigenvalue weighted by molar-refractivity contribution is -0.144. The Morgan fingerprint density at radius 2 is 2.12 bits per heavy atom. The van der Waals surface area contributed by atoms with Gasteiger partial charge in [-0.1, -0.05) is 23.7 Å². The van der Waals surface area contributed by atoms with Crippen LogP contribution >= 0.6 is 11.6 Å². The average Bonchev–Trinajstić information content (AvgIpc) is 2.71. The summed E-state index contributed by atoms with van der Waals surface area (Å²) in [5, 5.41) is 10.0. The zero-order valence-corrected chi connectivity index (χ0v) is 13.7. The molecule has 0 radical (unpaired) electrons. The van der Waals surface area contributed by atoms with Gasteiger partial charge in [0.2, 0.25) is 5.91 Å². The number of benzene rings is 2. The fraction of sp³-hybridized carbons (Fsp3) is 0.222. The Hall–Kier alpha value is -2.60. The van der Waals surface area contributed by atoms with E-state index in [1.54, 1.807) is 18.2 Å². The van der Waals surface area contributed by atoms with Crippen LogP contribution in [0.3, 0.4) is 0 Å². The standard InChI is InChI=1S/C18H13ClFNO4/c19-9-4-6-14-13(8-9)21-15(22)7-5-11(18(23)24)16(21)10-2-1-3-12(20)17(10)25-14/h1-4,6,8,11,16H,5,7H2,(H,23,24). The van der Waals surface area contributed by atoms with Crippen molar-refractivity contribution in [2.75, 3.05) is 4.90 Å². The van der Waals surface area contributed by atoms with Crippen LogP contribution in [0.25, 0.3) is 0 Å². The van der Waals surface area contributed by atoms with Crippen LogP contribution in [0.5, 0.6) is 11.5 Å². The third-order valence-corrected chi connectivity index (χ3v) is 4.86. The van der Waals surface area contributed by atoms with Crippen molar-refractivity contribution in [3.8, 4) is 11.5 Å². The molecule has 2 aromatic rings. The number of halogens is 2. The zero-order valence-electron chi connectivity index (χ0n) is 12.9. The van der Waals surface area contributed by atoms with E-state index in [0.717, 1.165) is 0 Å². The van der Waals surface area contributed by atoms with Gasteiger partial charge in [-0.2, -0.15) is 0 Å². The van der Waals surface area contributed by atoms with Crippen LogP contribution in [0.15, 0.2) is 36.4 Å². The minimum absolute atomic E-state index is 0.0560. The molecule has 0 aromatic heterocycles. The van der Waals surface area contributed by atoms with E-state index in [4.69, 9.17) is 16.3 Å². The summed E-state index contributed by atoms with van der Waals surface area (Å²) in [6.07, 6.45) is 0.269. The van der Waals surface area contributed by atoms with Gasteiger partial charge in [-0.25, -0.2) is 4.39 Å². The molecule has 0 saturated carbocycles. The fourth-order valence-electron chi connectivity index (χ4n) is 3.53. The minimum Gasteiger partial charge on any atom is -0.481 e. The van der Waals surface area contributed by atoms with Crippen molar-refractivity contribution in [3.63, 3.8) is 0 Å². The third kappa shape index (κ3) is 2.44. The Morgan fingerprint density at radius 1 is 1.32 bits per heavy atom. The van der Waals surface area contributed by atoms with E-state index < -0.39 is 23.7 Å². The second-order valence-electron chi connectivity index (χ2n) is 6.06. The first-order valence-corrected chi connectivity index (χ1v) is 8.16. The summed E-state index contributed by atoms with van der Waals surface area (Å²) in [4.78, 5) is 25.8. The zero-order chi connectivity index (χ0) is 17.7. The molecule has 128 valence electrons. The maximum atomic E-state index is 14.4. The van der Waals surface area contributed by atoms with Crippen molar-refractivity contribution >= 4 is 29.2 Å². The molecule has 7 heteroatoms. The summed E-state index contributed by atoms with van der Waals surface area (Å²) in [6.45, 7) is 0. The van der Waals surface area contributed by atoms with Crippen LogP contribution in [0.2, 0.25) is 5.02 Å². The number of rotatable bonds is 1. The molecule has 2 heterocycles. The summed E-state index contributed by atoms with van der Waals surface area (Å²) < 4.78 is 20.1. The highest BCUT2D eigenvalue weighted by Gasteiger charge is 2.45. The Kier molecular flexibility index (Phi) is 3.65. The van der Waals surface area contributed by atoms with Crippen LogP contribution < -0.4 is 9.64 Å². The highest BCUT2D eigenvalue weighted by molar-refractivity contribution is 6.31. The maximum absolute atomic E-state index is 14.4. The van der Waals surface area contributed by atoms with Gasteiger partial charge >= 0.3 is 5.97 Å². The number of amides is 1. The molecule has 1 N–H and O–H groups in total. The molecule has 4 rings (SSSR count). The highest BCUT2D eigenvalue weighted by Crippen LogP contribution is 2.51. The molecule has 25 heavy (non-hydrogen) atoms. The number of carboxylic acids is 1. The van der Waals surface area contributed by atoms with Crippen molar-refractivity contribution < 1.29 is 23.8 Å².